The molecule has 9 rings (SSSR count). The number of benzene rings is 4. The summed E-state index contributed by atoms with van der Waals surface area (Å²) in [5.74, 6) is 0. The van der Waals surface area contributed by atoms with Crippen LogP contribution in [0, 0.1) is 0 Å². The topological polar surface area (TPSA) is 43.6 Å². The second-order valence-electron chi connectivity index (χ2n) is 12.1. The molecule has 0 fully saturated rings. The molecule has 4 aromatic carbocycles. The second-order valence-corrected chi connectivity index (χ2v) is 12.1. The van der Waals surface area contributed by atoms with Gasteiger partial charge in [-0.25, -0.2) is 4.98 Å². The van der Waals surface area contributed by atoms with Gasteiger partial charge in [0.1, 0.15) is 0 Å². The lowest BCUT2D eigenvalue weighted by Gasteiger charge is -2.24. The van der Waals surface area contributed by atoms with Crippen molar-refractivity contribution in [2.45, 2.75) is 19.3 Å². The Balaban J connectivity index is 1.49. The highest BCUT2D eigenvalue weighted by atomic mass is 15.0. The Morgan fingerprint density at radius 2 is 1.23 bits per heavy atom. The average Bonchev–Trinajstić information content (AvgIpc) is 3.55. The molecule has 8 aromatic rings. The van der Waals surface area contributed by atoms with Crippen LogP contribution in [0.15, 0.2) is 134 Å². The monoisotopic (exact) mass is 564 g/mol. The van der Waals surface area contributed by atoms with Crippen molar-refractivity contribution in [3.63, 3.8) is 0 Å². The quantitative estimate of drug-likeness (QED) is 0.215. The molecule has 4 aromatic heterocycles. The van der Waals surface area contributed by atoms with E-state index in [1.807, 2.05) is 24.5 Å². The van der Waals surface area contributed by atoms with Gasteiger partial charge in [0.15, 0.2) is 0 Å². The number of pyridine rings is 3. The Labute approximate surface area is 255 Å². The first-order chi connectivity index (χ1) is 21.6. The molecular weight excluding hydrogens is 536 g/mol. The molecule has 0 bridgehead atoms. The molecule has 0 saturated heterocycles. The number of fused-ring (bicyclic) bond motifs is 10. The highest BCUT2D eigenvalue weighted by Gasteiger charge is 2.40. The Hall–Kier alpha value is -5.61. The van der Waals surface area contributed by atoms with Crippen molar-refractivity contribution in [1.29, 1.82) is 0 Å². The highest BCUT2D eigenvalue weighted by molar-refractivity contribution is 6.27. The molecule has 0 N–H and O–H groups in total. The molecular formula is C40H28N4. The first kappa shape index (κ1) is 24.9. The van der Waals surface area contributed by atoms with E-state index in [1.54, 1.807) is 12.4 Å². The van der Waals surface area contributed by atoms with Crippen LogP contribution in [-0.4, -0.2) is 19.5 Å². The first-order valence-corrected chi connectivity index (χ1v) is 15.0. The van der Waals surface area contributed by atoms with E-state index >= 15 is 0 Å². The molecule has 208 valence electrons. The molecule has 0 radical (unpaired) electrons. The van der Waals surface area contributed by atoms with Gasteiger partial charge in [-0.15, -0.1) is 0 Å². The van der Waals surface area contributed by atoms with Gasteiger partial charge in [0.2, 0.25) is 0 Å². The molecule has 1 aliphatic rings. The van der Waals surface area contributed by atoms with Gasteiger partial charge < -0.3 is 4.57 Å². The molecule has 0 unspecified atom stereocenters. The van der Waals surface area contributed by atoms with Crippen molar-refractivity contribution in [3.05, 3.63) is 145 Å². The van der Waals surface area contributed by atoms with Crippen LogP contribution >= 0.6 is 0 Å². The van der Waals surface area contributed by atoms with Gasteiger partial charge in [0.05, 0.1) is 28.1 Å². The minimum absolute atomic E-state index is 0.203. The molecule has 44 heavy (non-hydrogen) atoms. The standard InChI is InChI=1S/C40H28N4/c1-40(2)32-17-7-5-15-30(32)36-28-13-3-4-14-29(28)37-31-16-6-8-18-35(31)44(39(37)38(36)40)27-21-33(25-11-9-19-41-23-25)43-34(22-27)26-12-10-20-42-24-26/h3-24H,1-2H3. The summed E-state index contributed by atoms with van der Waals surface area (Å²) in [6, 6.07) is 39.2. The predicted octanol–water partition coefficient (Wildman–Crippen LogP) is 9.76. The van der Waals surface area contributed by atoms with E-state index in [4.69, 9.17) is 4.98 Å². The van der Waals surface area contributed by atoms with Gasteiger partial charge >= 0.3 is 0 Å². The lowest BCUT2D eigenvalue weighted by molar-refractivity contribution is 0.664. The Bertz CT molecular complexity index is 2350. The van der Waals surface area contributed by atoms with Crippen LogP contribution in [-0.2, 0) is 5.41 Å². The van der Waals surface area contributed by atoms with Crippen LogP contribution in [0.25, 0.3) is 71.9 Å². The number of para-hydroxylation sites is 1. The van der Waals surface area contributed by atoms with Crippen LogP contribution in [0.5, 0.6) is 0 Å². The molecule has 4 heteroatoms. The third-order valence-electron chi connectivity index (χ3n) is 9.30. The Morgan fingerprint density at radius 1 is 0.614 bits per heavy atom. The fourth-order valence-corrected chi connectivity index (χ4v) is 7.43. The van der Waals surface area contributed by atoms with Gasteiger partial charge in [0, 0.05) is 52.1 Å². The molecule has 1 aliphatic carbocycles. The number of rotatable bonds is 3. The van der Waals surface area contributed by atoms with Crippen LogP contribution in [0.2, 0.25) is 0 Å². The van der Waals surface area contributed by atoms with Gasteiger partial charge in [-0.3, -0.25) is 9.97 Å². The first-order valence-electron chi connectivity index (χ1n) is 15.0. The fraction of sp³-hybridized carbons (Fsp3) is 0.0750. The summed E-state index contributed by atoms with van der Waals surface area (Å²) in [6.07, 6.45) is 7.37. The maximum Gasteiger partial charge on any atom is 0.0745 e. The predicted molar refractivity (Wildman–Crippen MR) is 180 cm³/mol. The number of hydrogen-bond donors (Lipinski definition) is 0. The van der Waals surface area contributed by atoms with Crippen molar-refractivity contribution < 1.29 is 0 Å². The molecule has 0 spiro atoms. The molecule has 0 aliphatic heterocycles. The van der Waals surface area contributed by atoms with Crippen LogP contribution in [0.4, 0.5) is 0 Å². The SMILES string of the molecule is CC1(C)c2ccccc2-c2c1c1c(c3ccccc23)c2ccccc2n1-c1cc(-c2cccnc2)nc(-c2cccnc2)c1. The van der Waals surface area contributed by atoms with Crippen LogP contribution < -0.4 is 0 Å². The van der Waals surface area contributed by atoms with Crippen molar-refractivity contribution in [1.82, 2.24) is 19.5 Å². The van der Waals surface area contributed by atoms with E-state index in [1.165, 1.54) is 54.8 Å². The largest absolute Gasteiger partial charge is 0.309 e. The lowest BCUT2D eigenvalue weighted by Crippen LogP contribution is -2.16. The molecule has 4 heterocycles. The third-order valence-corrected chi connectivity index (χ3v) is 9.30. The Kier molecular flexibility index (Phi) is 5.21. The summed E-state index contributed by atoms with van der Waals surface area (Å²) >= 11 is 0. The van der Waals surface area contributed by atoms with E-state index in [9.17, 15) is 0 Å². The number of hydrogen-bond acceptors (Lipinski definition) is 3. The summed E-state index contributed by atoms with van der Waals surface area (Å²) in [6.45, 7) is 4.76. The summed E-state index contributed by atoms with van der Waals surface area (Å²) < 4.78 is 2.48. The van der Waals surface area contributed by atoms with Crippen molar-refractivity contribution in [2.24, 2.45) is 0 Å². The third kappa shape index (κ3) is 3.42. The summed E-state index contributed by atoms with van der Waals surface area (Å²) in [5, 5.41) is 5.12. The van der Waals surface area contributed by atoms with E-state index in [2.05, 4.69) is 125 Å². The van der Waals surface area contributed by atoms with E-state index in [0.717, 1.165) is 28.2 Å². The number of aromatic nitrogens is 4. The lowest BCUT2D eigenvalue weighted by atomic mass is 9.80. The average molecular weight is 565 g/mol. The Morgan fingerprint density at radius 3 is 1.91 bits per heavy atom. The van der Waals surface area contributed by atoms with Gasteiger partial charge in [-0.2, -0.15) is 0 Å². The van der Waals surface area contributed by atoms with Gasteiger partial charge in [-0.1, -0.05) is 80.6 Å². The van der Waals surface area contributed by atoms with Crippen molar-refractivity contribution >= 4 is 32.6 Å². The summed E-state index contributed by atoms with van der Waals surface area (Å²) in [7, 11) is 0. The molecule has 0 amide bonds. The fourth-order valence-electron chi connectivity index (χ4n) is 7.43. The highest BCUT2D eigenvalue weighted by Crippen LogP contribution is 2.56. The maximum atomic E-state index is 5.13. The van der Waals surface area contributed by atoms with Crippen molar-refractivity contribution in [2.75, 3.05) is 0 Å². The maximum absolute atomic E-state index is 5.13. The smallest absolute Gasteiger partial charge is 0.0745 e. The molecule has 4 nitrogen and oxygen atoms in total. The van der Waals surface area contributed by atoms with Crippen molar-refractivity contribution in [3.8, 4) is 39.3 Å². The molecule has 0 saturated carbocycles. The molecule has 0 atom stereocenters. The summed E-state index contributed by atoms with van der Waals surface area (Å²) in [5.41, 5.74) is 12.4. The van der Waals surface area contributed by atoms with Gasteiger partial charge in [0.25, 0.3) is 0 Å². The minimum Gasteiger partial charge on any atom is -0.309 e. The zero-order chi connectivity index (χ0) is 29.4. The van der Waals surface area contributed by atoms with Gasteiger partial charge in [-0.05, 0) is 75.5 Å². The zero-order valence-electron chi connectivity index (χ0n) is 24.5. The van der Waals surface area contributed by atoms with Crippen LogP contribution in [0.1, 0.15) is 25.0 Å². The zero-order valence-corrected chi connectivity index (χ0v) is 24.5. The summed E-state index contributed by atoms with van der Waals surface area (Å²) in [4.78, 5) is 14.0. The normalized spacial score (nSPS) is 13.4. The van der Waals surface area contributed by atoms with E-state index in [0.29, 0.717) is 0 Å². The number of nitrogens with zero attached hydrogens (tertiary/aromatic N) is 4. The van der Waals surface area contributed by atoms with Crippen LogP contribution in [0.3, 0.4) is 0 Å². The minimum atomic E-state index is -0.203. The van der Waals surface area contributed by atoms with E-state index in [-0.39, 0.29) is 5.41 Å². The second kappa shape index (κ2) is 9.19. The van der Waals surface area contributed by atoms with E-state index < -0.39 is 0 Å².